The number of para-hydroxylation sites is 1. The number of fused-ring (bicyclic) bond motifs is 1. The fourth-order valence-corrected chi connectivity index (χ4v) is 3.37. The topological polar surface area (TPSA) is 74.2 Å². The lowest BCUT2D eigenvalue weighted by Gasteiger charge is -2.36. The molecule has 0 fully saturated rings. The van der Waals surface area contributed by atoms with Crippen molar-refractivity contribution in [3.63, 3.8) is 0 Å². The molecule has 23 heavy (non-hydrogen) atoms. The minimum atomic E-state index is -1.69. The predicted molar refractivity (Wildman–Crippen MR) is 102 cm³/mol. The summed E-state index contributed by atoms with van der Waals surface area (Å²) < 4.78 is 6.21. The Labute approximate surface area is 140 Å². The van der Waals surface area contributed by atoms with Gasteiger partial charge in [0.1, 0.15) is 0 Å². The minimum absolute atomic E-state index is 0.234. The summed E-state index contributed by atoms with van der Waals surface area (Å²) >= 11 is 0. The number of nitrogens with two attached hydrogens (primary N) is 2. The standard InChI is InChI=1S/C18H29N3OSi/c1-18(2,3)23(4,5)22-12-8-11-15-17(20)16(19)13-9-6-7-10-14(13)21-15/h6-7,9-10H,8,11-12,20H2,1-5H3,(H2,19,21). The quantitative estimate of drug-likeness (QED) is 0.631. The van der Waals surface area contributed by atoms with Crippen molar-refractivity contribution in [3.05, 3.63) is 30.0 Å². The number of aromatic nitrogens is 1. The van der Waals surface area contributed by atoms with Crippen LogP contribution >= 0.6 is 0 Å². The lowest BCUT2D eigenvalue weighted by Crippen LogP contribution is -2.41. The monoisotopic (exact) mass is 331 g/mol. The zero-order valence-electron chi connectivity index (χ0n) is 14.9. The van der Waals surface area contributed by atoms with Gasteiger partial charge in [0.25, 0.3) is 0 Å². The third-order valence-corrected chi connectivity index (χ3v) is 9.42. The molecule has 0 radical (unpaired) electrons. The molecule has 0 saturated heterocycles. The molecule has 1 heterocycles. The third kappa shape index (κ3) is 3.84. The molecule has 1 aromatic heterocycles. The highest BCUT2D eigenvalue weighted by molar-refractivity contribution is 6.74. The van der Waals surface area contributed by atoms with Crippen molar-refractivity contribution in [2.24, 2.45) is 0 Å². The van der Waals surface area contributed by atoms with Gasteiger partial charge < -0.3 is 15.9 Å². The van der Waals surface area contributed by atoms with Crippen LogP contribution in [-0.4, -0.2) is 19.9 Å². The van der Waals surface area contributed by atoms with Crippen LogP contribution < -0.4 is 11.5 Å². The number of aryl methyl sites for hydroxylation is 1. The van der Waals surface area contributed by atoms with Gasteiger partial charge in [-0.3, -0.25) is 4.98 Å². The largest absolute Gasteiger partial charge is 0.417 e. The molecule has 1 aromatic carbocycles. The van der Waals surface area contributed by atoms with Gasteiger partial charge in [0, 0.05) is 12.0 Å². The molecule has 0 unspecified atom stereocenters. The summed E-state index contributed by atoms with van der Waals surface area (Å²) in [6, 6.07) is 7.85. The van der Waals surface area contributed by atoms with E-state index in [-0.39, 0.29) is 5.04 Å². The van der Waals surface area contributed by atoms with E-state index >= 15 is 0 Å². The second-order valence-electron chi connectivity index (χ2n) is 7.62. The highest BCUT2D eigenvalue weighted by atomic mass is 28.4. The second-order valence-corrected chi connectivity index (χ2v) is 12.4. The Morgan fingerprint density at radius 1 is 1.09 bits per heavy atom. The molecule has 2 aromatic rings. The third-order valence-electron chi connectivity index (χ3n) is 4.88. The molecule has 0 amide bonds. The smallest absolute Gasteiger partial charge is 0.191 e. The zero-order chi connectivity index (χ0) is 17.3. The van der Waals surface area contributed by atoms with E-state index in [2.05, 4.69) is 38.8 Å². The summed E-state index contributed by atoms with van der Waals surface area (Å²) in [6.07, 6.45) is 1.69. The van der Waals surface area contributed by atoms with Gasteiger partial charge in [-0.25, -0.2) is 0 Å². The van der Waals surface area contributed by atoms with Crippen molar-refractivity contribution in [1.82, 2.24) is 4.98 Å². The van der Waals surface area contributed by atoms with E-state index in [4.69, 9.17) is 15.9 Å². The van der Waals surface area contributed by atoms with Crippen molar-refractivity contribution in [3.8, 4) is 0 Å². The van der Waals surface area contributed by atoms with Crippen LogP contribution in [0.25, 0.3) is 10.9 Å². The van der Waals surface area contributed by atoms with E-state index in [0.29, 0.717) is 11.4 Å². The molecule has 126 valence electrons. The van der Waals surface area contributed by atoms with Crippen LogP contribution in [0.3, 0.4) is 0 Å². The summed E-state index contributed by atoms with van der Waals surface area (Å²) in [5.41, 5.74) is 15.3. The minimum Gasteiger partial charge on any atom is -0.417 e. The molecule has 0 aliphatic rings. The number of benzene rings is 1. The molecule has 0 saturated carbocycles. The van der Waals surface area contributed by atoms with E-state index in [9.17, 15) is 0 Å². The van der Waals surface area contributed by atoms with Crippen molar-refractivity contribution in [2.45, 2.75) is 51.7 Å². The van der Waals surface area contributed by atoms with Gasteiger partial charge >= 0.3 is 0 Å². The van der Waals surface area contributed by atoms with Crippen LogP contribution in [0, 0.1) is 0 Å². The average Bonchev–Trinajstić information content (AvgIpc) is 2.47. The molecule has 5 heteroatoms. The molecule has 0 atom stereocenters. The van der Waals surface area contributed by atoms with Crippen molar-refractivity contribution in [2.75, 3.05) is 18.1 Å². The summed E-state index contributed by atoms with van der Waals surface area (Å²) in [5, 5.41) is 1.16. The van der Waals surface area contributed by atoms with Gasteiger partial charge in [-0.15, -0.1) is 0 Å². The molecule has 0 spiro atoms. The first-order valence-electron chi connectivity index (χ1n) is 8.20. The molecule has 4 nitrogen and oxygen atoms in total. The first kappa shape index (κ1) is 17.8. The number of rotatable bonds is 5. The highest BCUT2D eigenvalue weighted by Gasteiger charge is 2.36. The molecule has 0 aliphatic carbocycles. The molecule has 4 N–H and O–H groups in total. The molecular formula is C18H29N3OSi. The Balaban J connectivity index is 2.05. The number of pyridine rings is 1. The van der Waals surface area contributed by atoms with Crippen molar-refractivity contribution >= 4 is 30.6 Å². The summed E-state index contributed by atoms with van der Waals surface area (Å²) in [5.74, 6) is 0. The number of hydrogen-bond donors (Lipinski definition) is 2. The van der Waals surface area contributed by atoms with Crippen LogP contribution in [0.5, 0.6) is 0 Å². The van der Waals surface area contributed by atoms with Crippen LogP contribution in [-0.2, 0) is 10.8 Å². The van der Waals surface area contributed by atoms with Crippen LogP contribution in [0.1, 0.15) is 32.9 Å². The van der Waals surface area contributed by atoms with Gasteiger partial charge in [-0.1, -0.05) is 39.0 Å². The molecule has 0 bridgehead atoms. The number of anilines is 2. The van der Waals surface area contributed by atoms with Gasteiger partial charge in [0.15, 0.2) is 8.32 Å². The van der Waals surface area contributed by atoms with Crippen LogP contribution in [0.15, 0.2) is 24.3 Å². The van der Waals surface area contributed by atoms with E-state index in [1.165, 1.54) is 0 Å². The molecule has 2 rings (SSSR count). The van der Waals surface area contributed by atoms with E-state index in [0.717, 1.165) is 36.0 Å². The number of hydrogen-bond acceptors (Lipinski definition) is 4. The maximum absolute atomic E-state index is 6.21. The average molecular weight is 332 g/mol. The van der Waals surface area contributed by atoms with Crippen LogP contribution in [0.2, 0.25) is 18.1 Å². The Kier molecular flexibility index (Phi) is 5.01. The van der Waals surface area contributed by atoms with Gasteiger partial charge in [0.05, 0.1) is 22.6 Å². The highest BCUT2D eigenvalue weighted by Crippen LogP contribution is 2.36. The van der Waals surface area contributed by atoms with Crippen LogP contribution in [0.4, 0.5) is 11.4 Å². The van der Waals surface area contributed by atoms with Gasteiger partial charge in [-0.05, 0) is 37.0 Å². The summed E-state index contributed by atoms with van der Waals surface area (Å²) in [6.45, 7) is 12.0. The Morgan fingerprint density at radius 2 is 1.74 bits per heavy atom. The lowest BCUT2D eigenvalue weighted by molar-refractivity contribution is 0.282. The van der Waals surface area contributed by atoms with E-state index in [1.807, 2.05) is 24.3 Å². The fraction of sp³-hybridized carbons (Fsp3) is 0.500. The summed E-state index contributed by atoms with van der Waals surface area (Å²) in [7, 11) is -1.69. The molecule has 0 aliphatic heterocycles. The van der Waals surface area contributed by atoms with Crippen molar-refractivity contribution < 1.29 is 4.43 Å². The van der Waals surface area contributed by atoms with Gasteiger partial charge in [-0.2, -0.15) is 0 Å². The van der Waals surface area contributed by atoms with E-state index in [1.54, 1.807) is 0 Å². The predicted octanol–water partition coefficient (Wildman–Crippen LogP) is 4.35. The molecular weight excluding hydrogens is 302 g/mol. The summed E-state index contributed by atoms with van der Waals surface area (Å²) in [4.78, 5) is 4.67. The maximum atomic E-state index is 6.21. The zero-order valence-corrected chi connectivity index (χ0v) is 15.9. The van der Waals surface area contributed by atoms with E-state index < -0.39 is 8.32 Å². The fourth-order valence-electron chi connectivity index (χ4n) is 2.28. The number of nitrogen functional groups attached to an aromatic ring is 2. The lowest BCUT2D eigenvalue weighted by atomic mass is 10.1. The number of nitrogens with zero attached hydrogens (tertiary/aromatic N) is 1. The van der Waals surface area contributed by atoms with Crippen molar-refractivity contribution in [1.29, 1.82) is 0 Å². The first-order valence-corrected chi connectivity index (χ1v) is 11.1. The SMILES string of the molecule is CC(C)(C)[Si](C)(C)OCCCc1nc2ccccc2c(N)c1N. The Hall–Kier alpha value is -1.59. The Morgan fingerprint density at radius 3 is 2.39 bits per heavy atom. The Bertz CT molecular complexity index is 692. The first-order chi connectivity index (χ1) is 10.6. The maximum Gasteiger partial charge on any atom is 0.191 e. The second kappa shape index (κ2) is 6.49. The normalized spacial score (nSPS) is 12.7. The van der Waals surface area contributed by atoms with Gasteiger partial charge in [0.2, 0.25) is 0 Å².